The zero-order valence-electron chi connectivity index (χ0n) is 12.0. The van der Waals surface area contributed by atoms with Crippen LogP contribution in [0.1, 0.15) is 39.0 Å². The van der Waals surface area contributed by atoms with Gasteiger partial charge in [-0.1, -0.05) is 19.8 Å². The van der Waals surface area contributed by atoms with Crippen molar-refractivity contribution < 1.29 is 13.0 Å². The Hall–Kier alpha value is -1.28. The monoisotopic (exact) mass is 311 g/mol. The van der Waals surface area contributed by atoms with Crippen LogP contribution < -0.4 is 0 Å². The van der Waals surface area contributed by atoms with Crippen molar-refractivity contribution in [2.75, 3.05) is 0 Å². The van der Waals surface area contributed by atoms with Gasteiger partial charge >= 0.3 is 0 Å². The van der Waals surface area contributed by atoms with Gasteiger partial charge in [0.25, 0.3) is 0 Å². The molecule has 4 atom stereocenters. The Labute approximate surface area is 126 Å². The molecule has 114 valence electrons. The normalized spacial score (nSPS) is 27.0. The Morgan fingerprint density at radius 2 is 2.14 bits per heavy atom. The van der Waals surface area contributed by atoms with E-state index in [1.807, 2.05) is 0 Å². The first-order valence-electron chi connectivity index (χ1n) is 7.32. The largest absolute Gasteiger partial charge is 0.254 e. The molecule has 0 heterocycles. The predicted octanol–water partition coefficient (Wildman–Crippen LogP) is 4.18. The minimum Gasteiger partial charge on any atom is -0.254 e. The highest BCUT2D eigenvalue weighted by atomic mass is 32.2. The van der Waals surface area contributed by atoms with Gasteiger partial charge in [0.1, 0.15) is 11.6 Å². The highest BCUT2D eigenvalue weighted by Gasteiger charge is 2.35. The molecule has 0 aromatic heterocycles. The fourth-order valence-electron chi connectivity index (χ4n) is 3.07. The number of nitriles is 1. The Morgan fingerprint density at radius 3 is 2.76 bits per heavy atom. The van der Waals surface area contributed by atoms with E-state index >= 15 is 0 Å². The van der Waals surface area contributed by atoms with Gasteiger partial charge in [-0.05, 0) is 37.3 Å². The summed E-state index contributed by atoms with van der Waals surface area (Å²) in [5.41, 5.74) is 0. The van der Waals surface area contributed by atoms with Gasteiger partial charge in [0.05, 0.1) is 32.9 Å². The van der Waals surface area contributed by atoms with Gasteiger partial charge in [-0.15, -0.1) is 0 Å². The Bertz CT molecular complexity index is 570. The van der Waals surface area contributed by atoms with Crippen LogP contribution in [0.5, 0.6) is 0 Å². The van der Waals surface area contributed by atoms with E-state index in [1.54, 1.807) is 0 Å². The lowest BCUT2D eigenvalue weighted by Gasteiger charge is -2.32. The first kappa shape index (κ1) is 16.1. The smallest absolute Gasteiger partial charge is 0.142 e. The van der Waals surface area contributed by atoms with Crippen LogP contribution in [0.4, 0.5) is 8.78 Å². The average Bonchev–Trinajstić information content (AvgIpc) is 2.47. The van der Waals surface area contributed by atoms with Gasteiger partial charge in [-0.25, -0.2) is 8.78 Å². The highest BCUT2D eigenvalue weighted by Crippen LogP contribution is 2.36. The van der Waals surface area contributed by atoms with E-state index in [9.17, 15) is 18.3 Å². The molecule has 2 rings (SSSR count). The molecule has 1 aliphatic rings. The summed E-state index contributed by atoms with van der Waals surface area (Å²) >= 11 is 0. The van der Waals surface area contributed by atoms with Crippen molar-refractivity contribution >= 4 is 10.8 Å². The van der Waals surface area contributed by atoms with Gasteiger partial charge in [-0.3, -0.25) is 4.21 Å². The van der Waals surface area contributed by atoms with Crippen LogP contribution in [0.3, 0.4) is 0 Å². The van der Waals surface area contributed by atoms with E-state index in [4.69, 9.17) is 0 Å². The molecule has 0 bridgehead atoms. The molecule has 0 amide bonds. The predicted molar refractivity (Wildman–Crippen MR) is 77.9 cm³/mol. The summed E-state index contributed by atoms with van der Waals surface area (Å²) in [6.45, 7) is 2.10. The van der Waals surface area contributed by atoms with Gasteiger partial charge in [-0.2, -0.15) is 5.26 Å². The quantitative estimate of drug-likeness (QED) is 0.837. The van der Waals surface area contributed by atoms with Crippen LogP contribution in [-0.4, -0.2) is 9.46 Å². The molecule has 0 radical (unpaired) electrons. The number of hydrogen-bond acceptors (Lipinski definition) is 2. The molecule has 4 unspecified atom stereocenters. The van der Waals surface area contributed by atoms with Crippen molar-refractivity contribution in [1.82, 2.24) is 0 Å². The summed E-state index contributed by atoms with van der Waals surface area (Å²) in [4.78, 5) is 0.0128. The summed E-state index contributed by atoms with van der Waals surface area (Å²) in [5.74, 6) is -1.35. The third-order valence-corrected chi connectivity index (χ3v) is 5.98. The maximum atomic E-state index is 13.8. The third-order valence-electron chi connectivity index (χ3n) is 4.15. The Kier molecular flexibility index (Phi) is 5.46. The van der Waals surface area contributed by atoms with Crippen molar-refractivity contribution in [3.05, 3.63) is 29.8 Å². The van der Waals surface area contributed by atoms with Gasteiger partial charge in [0, 0.05) is 6.07 Å². The lowest BCUT2D eigenvalue weighted by molar-refractivity contribution is 0.303. The molecule has 1 fully saturated rings. The van der Waals surface area contributed by atoms with Gasteiger partial charge < -0.3 is 0 Å². The molecule has 1 aromatic carbocycles. The standard InChI is InChI=1S/C16H19F2NOS/c1-2-3-11-4-5-12(10-19)16(8-11)21(20)15-7-6-13(17)9-14(15)18/h6-7,9,11-12,16H,2-5,8H2,1H3. The van der Waals surface area contributed by atoms with Crippen LogP contribution >= 0.6 is 0 Å². The van der Waals surface area contributed by atoms with Crippen LogP contribution in [0.25, 0.3) is 0 Å². The number of halogens is 2. The number of benzene rings is 1. The molecule has 1 aliphatic carbocycles. The first-order valence-corrected chi connectivity index (χ1v) is 8.53. The summed E-state index contributed by atoms with van der Waals surface area (Å²) in [6.07, 6.45) is 4.44. The number of nitrogens with zero attached hydrogens (tertiary/aromatic N) is 1. The van der Waals surface area contributed by atoms with E-state index in [0.29, 0.717) is 18.8 Å². The Balaban J connectivity index is 2.23. The van der Waals surface area contributed by atoms with Crippen LogP contribution in [0, 0.1) is 34.8 Å². The van der Waals surface area contributed by atoms with Crippen molar-refractivity contribution in [2.24, 2.45) is 11.8 Å². The maximum absolute atomic E-state index is 13.8. The number of hydrogen-bond donors (Lipinski definition) is 0. The molecule has 21 heavy (non-hydrogen) atoms. The molecule has 1 aromatic rings. The molecule has 1 saturated carbocycles. The topological polar surface area (TPSA) is 40.9 Å². The molecular weight excluding hydrogens is 292 g/mol. The zero-order chi connectivity index (χ0) is 15.4. The molecule has 0 N–H and O–H groups in total. The minimum absolute atomic E-state index is 0.0128. The first-order chi connectivity index (χ1) is 10.1. The van der Waals surface area contributed by atoms with Crippen molar-refractivity contribution in [3.63, 3.8) is 0 Å². The van der Waals surface area contributed by atoms with Crippen molar-refractivity contribution in [2.45, 2.75) is 49.2 Å². The van der Waals surface area contributed by atoms with E-state index < -0.39 is 22.4 Å². The fourth-order valence-corrected chi connectivity index (χ4v) is 4.79. The second-order valence-electron chi connectivity index (χ2n) is 5.61. The minimum atomic E-state index is -1.61. The lowest BCUT2D eigenvalue weighted by Crippen LogP contribution is -2.32. The molecular formula is C16H19F2NOS. The number of rotatable bonds is 4. The summed E-state index contributed by atoms with van der Waals surface area (Å²) in [6, 6.07) is 5.31. The van der Waals surface area contributed by atoms with Crippen LogP contribution in [0.15, 0.2) is 23.1 Å². The summed E-state index contributed by atoms with van der Waals surface area (Å²) < 4.78 is 39.4. The Morgan fingerprint density at radius 1 is 1.38 bits per heavy atom. The molecule has 0 aliphatic heterocycles. The maximum Gasteiger partial charge on any atom is 0.142 e. The van der Waals surface area contributed by atoms with Gasteiger partial charge in [0.2, 0.25) is 0 Å². The lowest BCUT2D eigenvalue weighted by atomic mass is 9.80. The highest BCUT2D eigenvalue weighted by molar-refractivity contribution is 7.85. The molecule has 5 heteroatoms. The van der Waals surface area contributed by atoms with Crippen LogP contribution in [0.2, 0.25) is 0 Å². The SMILES string of the molecule is CCCC1CCC(C#N)C(S(=O)c2ccc(F)cc2F)C1. The van der Waals surface area contributed by atoms with Crippen molar-refractivity contribution in [1.29, 1.82) is 5.26 Å². The molecule has 2 nitrogen and oxygen atoms in total. The van der Waals surface area contributed by atoms with Crippen LogP contribution in [-0.2, 0) is 10.8 Å². The van der Waals surface area contributed by atoms with E-state index in [1.165, 1.54) is 6.07 Å². The van der Waals surface area contributed by atoms with Crippen molar-refractivity contribution in [3.8, 4) is 6.07 Å². The summed E-state index contributed by atoms with van der Waals surface area (Å²) in [7, 11) is -1.61. The third kappa shape index (κ3) is 3.68. The van der Waals surface area contributed by atoms with E-state index in [2.05, 4.69) is 13.0 Å². The summed E-state index contributed by atoms with van der Waals surface area (Å²) in [5, 5.41) is 8.89. The average molecular weight is 311 g/mol. The molecule has 0 spiro atoms. The fraction of sp³-hybridized carbons (Fsp3) is 0.562. The van der Waals surface area contributed by atoms with Gasteiger partial charge in [0.15, 0.2) is 0 Å². The second kappa shape index (κ2) is 7.13. The van der Waals surface area contributed by atoms with E-state index in [-0.39, 0.29) is 16.1 Å². The molecule has 0 saturated heterocycles. The van der Waals surface area contributed by atoms with E-state index in [0.717, 1.165) is 31.4 Å². The zero-order valence-corrected chi connectivity index (χ0v) is 12.8. The second-order valence-corrected chi connectivity index (χ2v) is 7.25.